The van der Waals surface area contributed by atoms with E-state index in [4.69, 9.17) is 0 Å². The van der Waals surface area contributed by atoms with Crippen molar-refractivity contribution in [3.63, 3.8) is 0 Å². The Balaban J connectivity index is 2.47. The molecule has 0 fully saturated rings. The van der Waals surface area contributed by atoms with Gasteiger partial charge in [0.25, 0.3) is 0 Å². The zero-order valence-corrected chi connectivity index (χ0v) is 9.83. The van der Waals surface area contributed by atoms with E-state index in [2.05, 4.69) is 25.2 Å². The Hall–Kier alpha value is -1.02. The summed E-state index contributed by atoms with van der Waals surface area (Å²) in [5, 5.41) is 12.6. The van der Waals surface area contributed by atoms with Gasteiger partial charge < -0.3 is 10.4 Å². The molecule has 0 saturated carbocycles. The first-order valence-corrected chi connectivity index (χ1v) is 5.57. The highest BCUT2D eigenvalue weighted by Gasteiger charge is 2.08. The largest absolute Gasteiger partial charge is 0.508 e. The lowest BCUT2D eigenvalue weighted by atomic mass is 9.95. The highest BCUT2D eigenvalue weighted by atomic mass is 16.3. The minimum absolute atomic E-state index is 0.362. The van der Waals surface area contributed by atoms with Crippen molar-refractivity contribution in [2.24, 2.45) is 5.92 Å². The fraction of sp³-hybridized carbons (Fsp3) is 0.538. The van der Waals surface area contributed by atoms with Crippen LogP contribution in [0.25, 0.3) is 0 Å². The van der Waals surface area contributed by atoms with Gasteiger partial charge in [0.05, 0.1) is 0 Å². The molecule has 15 heavy (non-hydrogen) atoms. The van der Waals surface area contributed by atoms with Crippen LogP contribution >= 0.6 is 0 Å². The van der Waals surface area contributed by atoms with Crippen molar-refractivity contribution in [3.05, 3.63) is 29.8 Å². The number of rotatable bonds is 5. The smallest absolute Gasteiger partial charge is 0.115 e. The van der Waals surface area contributed by atoms with Gasteiger partial charge in [-0.25, -0.2) is 0 Å². The Morgan fingerprint density at radius 1 is 1.33 bits per heavy atom. The number of aromatic hydroxyl groups is 1. The average molecular weight is 207 g/mol. The maximum atomic E-state index is 9.34. The molecule has 0 spiro atoms. The fourth-order valence-corrected chi connectivity index (χ4v) is 1.89. The number of phenolic OH excluding ortho intramolecular Hbond substituents is 1. The Bertz CT molecular complexity index is 298. The van der Waals surface area contributed by atoms with Crippen LogP contribution in [0.1, 0.15) is 25.8 Å². The van der Waals surface area contributed by atoms with Crippen molar-refractivity contribution in [2.45, 2.75) is 32.7 Å². The number of hydrogen-bond donors (Lipinski definition) is 2. The molecule has 1 aromatic carbocycles. The molecule has 2 N–H and O–H groups in total. The highest BCUT2D eigenvalue weighted by Crippen LogP contribution is 2.17. The maximum Gasteiger partial charge on any atom is 0.115 e. The Kier molecular flexibility index (Phi) is 4.63. The first kappa shape index (κ1) is 12.1. The Morgan fingerprint density at radius 3 is 2.67 bits per heavy atom. The maximum absolute atomic E-state index is 9.34. The molecule has 0 bridgehead atoms. The van der Waals surface area contributed by atoms with E-state index in [1.54, 1.807) is 6.07 Å². The normalized spacial score (nSPS) is 14.9. The molecule has 0 aliphatic carbocycles. The van der Waals surface area contributed by atoms with Gasteiger partial charge >= 0.3 is 0 Å². The lowest BCUT2D eigenvalue weighted by Gasteiger charge is -2.16. The van der Waals surface area contributed by atoms with Crippen LogP contribution in [0.2, 0.25) is 0 Å². The molecule has 0 aromatic heterocycles. The molecule has 0 aliphatic heterocycles. The summed E-state index contributed by atoms with van der Waals surface area (Å²) < 4.78 is 0. The van der Waals surface area contributed by atoms with E-state index < -0.39 is 0 Å². The highest BCUT2D eigenvalue weighted by molar-refractivity contribution is 5.27. The minimum atomic E-state index is 0.362. The van der Waals surface area contributed by atoms with Crippen molar-refractivity contribution in [1.82, 2.24) is 5.32 Å². The monoisotopic (exact) mass is 207 g/mol. The van der Waals surface area contributed by atoms with Crippen LogP contribution in [0.5, 0.6) is 5.75 Å². The Labute approximate surface area is 92.3 Å². The van der Waals surface area contributed by atoms with Gasteiger partial charge in [0.15, 0.2) is 0 Å². The van der Waals surface area contributed by atoms with Crippen LogP contribution in [0.4, 0.5) is 0 Å². The predicted molar refractivity (Wildman–Crippen MR) is 64.1 cm³/mol. The Morgan fingerprint density at radius 2 is 2.07 bits per heavy atom. The average Bonchev–Trinajstić information content (AvgIpc) is 2.17. The van der Waals surface area contributed by atoms with Gasteiger partial charge in [-0.15, -0.1) is 0 Å². The zero-order valence-electron chi connectivity index (χ0n) is 9.83. The third-order valence-corrected chi connectivity index (χ3v) is 2.74. The summed E-state index contributed by atoms with van der Waals surface area (Å²) >= 11 is 0. The van der Waals surface area contributed by atoms with Crippen LogP contribution in [-0.2, 0) is 6.42 Å². The van der Waals surface area contributed by atoms with Crippen LogP contribution in [0, 0.1) is 5.92 Å². The minimum Gasteiger partial charge on any atom is -0.508 e. The molecule has 2 heteroatoms. The third-order valence-electron chi connectivity index (χ3n) is 2.74. The van der Waals surface area contributed by atoms with Gasteiger partial charge in [-0.2, -0.15) is 0 Å². The lowest BCUT2D eigenvalue weighted by molar-refractivity contribution is 0.438. The second-order valence-electron chi connectivity index (χ2n) is 4.40. The number of phenols is 1. The number of benzene rings is 1. The zero-order chi connectivity index (χ0) is 11.3. The quantitative estimate of drug-likeness (QED) is 0.777. The molecular weight excluding hydrogens is 186 g/mol. The van der Waals surface area contributed by atoms with Gasteiger partial charge in [-0.3, -0.25) is 0 Å². The van der Waals surface area contributed by atoms with Crippen molar-refractivity contribution in [2.75, 3.05) is 7.05 Å². The molecular formula is C13H21NO. The van der Waals surface area contributed by atoms with E-state index >= 15 is 0 Å². The van der Waals surface area contributed by atoms with Gasteiger partial charge in [0, 0.05) is 6.04 Å². The van der Waals surface area contributed by atoms with E-state index in [1.165, 1.54) is 5.56 Å². The molecule has 0 aliphatic rings. The molecule has 84 valence electrons. The van der Waals surface area contributed by atoms with E-state index in [9.17, 15) is 5.11 Å². The number of hydrogen-bond acceptors (Lipinski definition) is 2. The van der Waals surface area contributed by atoms with E-state index in [0.29, 0.717) is 17.7 Å². The molecule has 2 atom stereocenters. The van der Waals surface area contributed by atoms with Crippen LogP contribution in [0.15, 0.2) is 24.3 Å². The molecule has 2 nitrogen and oxygen atoms in total. The van der Waals surface area contributed by atoms with Gasteiger partial charge in [-0.1, -0.05) is 19.1 Å². The second kappa shape index (κ2) is 5.76. The molecule has 1 aromatic rings. The summed E-state index contributed by atoms with van der Waals surface area (Å²) in [7, 11) is 1.99. The first-order chi connectivity index (χ1) is 7.11. The second-order valence-corrected chi connectivity index (χ2v) is 4.40. The summed E-state index contributed by atoms with van der Waals surface area (Å²) in [6, 6.07) is 8.08. The SMILES string of the molecule is CNC(C)CC(C)Cc1cccc(O)c1. The van der Waals surface area contributed by atoms with Crippen LogP contribution < -0.4 is 5.32 Å². The van der Waals surface area contributed by atoms with Crippen molar-refractivity contribution in [1.29, 1.82) is 0 Å². The van der Waals surface area contributed by atoms with Crippen LogP contribution in [0.3, 0.4) is 0 Å². The lowest BCUT2D eigenvalue weighted by Crippen LogP contribution is -2.24. The van der Waals surface area contributed by atoms with E-state index in [-0.39, 0.29) is 0 Å². The number of nitrogens with one attached hydrogen (secondary N) is 1. The van der Waals surface area contributed by atoms with Crippen molar-refractivity contribution >= 4 is 0 Å². The summed E-state index contributed by atoms with van der Waals surface area (Å²) in [5.74, 6) is 0.996. The van der Waals surface area contributed by atoms with Gasteiger partial charge in [-0.05, 0) is 50.4 Å². The summed E-state index contributed by atoms with van der Waals surface area (Å²) in [4.78, 5) is 0. The van der Waals surface area contributed by atoms with Crippen LogP contribution in [-0.4, -0.2) is 18.2 Å². The fourth-order valence-electron chi connectivity index (χ4n) is 1.89. The van der Waals surface area contributed by atoms with Crippen molar-refractivity contribution < 1.29 is 5.11 Å². The standard InChI is InChI=1S/C13H21NO/c1-10(7-11(2)14-3)8-12-5-4-6-13(15)9-12/h4-6,9-11,14-15H,7-8H2,1-3H3. The van der Waals surface area contributed by atoms with E-state index in [0.717, 1.165) is 12.8 Å². The van der Waals surface area contributed by atoms with Gasteiger partial charge in [0.2, 0.25) is 0 Å². The van der Waals surface area contributed by atoms with Crippen molar-refractivity contribution in [3.8, 4) is 5.75 Å². The molecule has 0 radical (unpaired) electrons. The molecule has 1 rings (SSSR count). The first-order valence-electron chi connectivity index (χ1n) is 5.57. The summed E-state index contributed by atoms with van der Waals surface area (Å²) in [6.07, 6.45) is 2.19. The topological polar surface area (TPSA) is 32.3 Å². The summed E-state index contributed by atoms with van der Waals surface area (Å²) in [5.41, 5.74) is 1.21. The molecule has 2 unspecified atom stereocenters. The van der Waals surface area contributed by atoms with Gasteiger partial charge in [0.1, 0.15) is 5.75 Å². The predicted octanol–water partition coefficient (Wildman–Crippen LogP) is 2.57. The third kappa shape index (κ3) is 4.34. The van der Waals surface area contributed by atoms with E-state index in [1.807, 2.05) is 19.2 Å². The molecule has 0 saturated heterocycles. The molecule has 0 amide bonds. The summed E-state index contributed by atoms with van der Waals surface area (Å²) in [6.45, 7) is 4.44. The molecule has 0 heterocycles.